The number of aliphatic hydroxyl groups excluding tert-OH is 1. The first-order valence-electron chi connectivity index (χ1n) is 7.11. The van der Waals surface area contributed by atoms with E-state index >= 15 is 0 Å². The number of nitrogens with one attached hydrogen (secondary N) is 1. The summed E-state index contributed by atoms with van der Waals surface area (Å²) in [4.78, 5) is 12.0. The lowest BCUT2D eigenvalue weighted by Gasteiger charge is -2.28. The molecule has 0 amide bonds. The zero-order valence-corrected chi connectivity index (χ0v) is 13.5. The van der Waals surface area contributed by atoms with Crippen molar-refractivity contribution >= 4 is 17.7 Å². The molecular weight excluding hydrogens is 262 g/mol. The summed E-state index contributed by atoms with van der Waals surface area (Å²) in [5, 5.41) is 12.3. The first kappa shape index (κ1) is 18.7. The van der Waals surface area contributed by atoms with E-state index in [1.165, 1.54) is 0 Å². The van der Waals surface area contributed by atoms with Crippen LogP contribution in [0.5, 0.6) is 0 Å². The summed E-state index contributed by atoms with van der Waals surface area (Å²) in [6, 6.07) is 0. The van der Waals surface area contributed by atoms with E-state index in [0.717, 1.165) is 30.9 Å². The van der Waals surface area contributed by atoms with Gasteiger partial charge in [-0.15, -0.1) is 0 Å². The number of carbonyl (C=O) groups excluding carboxylic acids is 1. The van der Waals surface area contributed by atoms with Gasteiger partial charge in [0.05, 0.1) is 6.61 Å². The van der Waals surface area contributed by atoms with Gasteiger partial charge < -0.3 is 15.2 Å². The second-order valence-corrected chi connectivity index (χ2v) is 6.24. The molecule has 0 saturated carbocycles. The SMILES string of the molecule is CCCNC(C)(CCSCC(C)CO)C(=O)OCC. The Balaban J connectivity index is 4.22. The summed E-state index contributed by atoms with van der Waals surface area (Å²) >= 11 is 1.77. The van der Waals surface area contributed by atoms with E-state index in [2.05, 4.69) is 12.2 Å². The molecule has 0 radical (unpaired) electrons. The fraction of sp³-hybridized carbons (Fsp3) is 0.929. The van der Waals surface area contributed by atoms with Gasteiger partial charge in [0.2, 0.25) is 0 Å². The van der Waals surface area contributed by atoms with Crippen molar-refractivity contribution in [2.75, 3.05) is 31.3 Å². The number of hydrogen-bond acceptors (Lipinski definition) is 5. The predicted octanol–water partition coefficient (Wildman–Crippen LogP) is 2.06. The largest absolute Gasteiger partial charge is 0.465 e. The fourth-order valence-electron chi connectivity index (χ4n) is 1.57. The molecule has 114 valence electrons. The van der Waals surface area contributed by atoms with Crippen LogP contribution in [0.25, 0.3) is 0 Å². The molecule has 0 aliphatic heterocycles. The molecule has 0 bridgehead atoms. The van der Waals surface area contributed by atoms with Crippen molar-refractivity contribution < 1.29 is 14.6 Å². The van der Waals surface area contributed by atoms with Crippen LogP contribution in [0.3, 0.4) is 0 Å². The van der Waals surface area contributed by atoms with Gasteiger partial charge in [0, 0.05) is 6.61 Å². The Bertz CT molecular complexity index is 251. The van der Waals surface area contributed by atoms with Gasteiger partial charge in [-0.3, -0.25) is 4.79 Å². The first-order valence-corrected chi connectivity index (χ1v) is 8.26. The monoisotopic (exact) mass is 291 g/mol. The molecular formula is C14H29NO3S. The van der Waals surface area contributed by atoms with E-state index in [1.807, 2.05) is 20.8 Å². The summed E-state index contributed by atoms with van der Waals surface area (Å²) < 4.78 is 5.15. The van der Waals surface area contributed by atoms with E-state index < -0.39 is 5.54 Å². The van der Waals surface area contributed by atoms with Crippen LogP contribution in [0, 0.1) is 5.92 Å². The number of esters is 1. The molecule has 0 aromatic rings. The predicted molar refractivity (Wildman–Crippen MR) is 81.5 cm³/mol. The van der Waals surface area contributed by atoms with Gasteiger partial charge in [-0.05, 0) is 50.7 Å². The summed E-state index contributed by atoms with van der Waals surface area (Å²) in [7, 11) is 0. The highest BCUT2D eigenvalue weighted by molar-refractivity contribution is 7.99. The minimum Gasteiger partial charge on any atom is -0.465 e. The van der Waals surface area contributed by atoms with Crippen LogP contribution in [0.4, 0.5) is 0 Å². The third-order valence-corrected chi connectivity index (χ3v) is 4.25. The maximum absolute atomic E-state index is 12.0. The average molecular weight is 291 g/mol. The topological polar surface area (TPSA) is 58.6 Å². The van der Waals surface area contributed by atoms with Gasteiger partial charge in [0.1, 0.15) is 5.54 Å². The number of rotatable bonds is 11. The zero-order valence-electron chi connectivity index (χ0n) is 12.7. The van der Waals surface area contributed by atoms with Crippen molar-refractivity contribution in [3.05, 3.63) is 0 Å². The molecule has 0 aliphatic carbocycles. The lowest BCUT2D eigenvalue weighted by molar-refractivity contribution is -0.150. The second-order valence-electron chi connectivity index (χ2n) is 5.09. The molecule has 19 heavy (non-hydrogen) atoms. The smallest absolute Gasteiger partial charge is 0.326 e. The number of carbonyl (C=O) groups is 1. The van der Waals surface area contributed by atoms with Crippen molar-refractivity contribution in [2.24, 2.45) is 5.92 Å². The lowest BCUT2D eigenvalue weighted by atomic mass is 9.99. The molecule has 2 atom stereocenters. The van der Waals surface area contributed by atoms with E-state index in [4.69, 9.17) is 9.84 Å². The van der Waals surface area contributed by atoms with Gasteiger partial charge in [-0.2, -0.15) is 11.8 Å². The van der Waals surface area contributed by atoms with Gasteiger partial charge >= 0.3 is 5.97 Å². The van der Waals surface area contributed by atoms with Crippen LogP contribution in [-0.2, 0) is 9.53 Å². The van der Waals surface area contributed by atoms with Crippen molar-refractivity contribution in [3.8, 4) is 0 Å². The van der Waals surface area contributed by atoms with E-state index in [-0.39, 0.29) is 12.6 Å². The third kappa shape index (κ3) is 7.80. The molecule has 0 rings (SSSR count). The van der Waals surface area contributed by atoms with E-state index in [0.29, 0.717) is 12.5 Å². The Labute approximate surface area is 121 Å². The molecule has 2 unspecified atom stereocenters. The summed E-state index contributed by atoms with van der Waals surface area (Å²) in [6.45, 7) is 9.29. The highest BCUT2D eigenvalue weighted by Crippen LogP contribution is 2.18. The maximum atomic E-state index is 12.0. The minimum atomic E-state index is -0.596. The molecule has 0 aliphatic rings. The molecule has 0 fully saturated rings. The average Bonchev–Trinajstić information content (AvgIpc) is 2.41. The minimum absolute atomic E-state index is 0.167. The molecule has 2 N–H and O–H groups in total. The third-order valence-electron chi connectivity index (χ3n) is 2.95. The van der Waals surface area contributed by atoms with Crippen LogP contribution in [0.15, 0.2) is 0 Å². The summed E-state index contributed by atoms with van der Waals surface area (Å²) in [5.74, 6) is 1.95. The molecule has 0 aromatic carbocycles. The van der Waals surface area contributed by atoms with Crippen molar-refractivity contribution in [3.63, 3.8) is 0 Å². The standard InChI is InChI=1S/C14H29NO3S/c1-5-8-15-14(4,13(17)18-6-2)7-9-19-11-12(3)10-16/h12,15-16H,5-11H2,1-4H3. The Morgan fingerprint density at radius 3 is 2.68 bits per heavy atom. The van der Waals surface area contributed by atoms with Crippen molar-refractivity contribution in [1.29, 1.82) is 0 Å². The lowest BCUT2D eigenvalue weighted by Crippen LogP contribution is -2.51. The molecule has 5 heteroatoms. The van der Waals surface area contributed by atoms with E-state index in [9.17, 15) is 4.79 Å². The molecule has 0 saturated heterocycles. The van der Waals surface area contributed by atoms with Crippen molar-refractivity contribution in [1.82, 2.24) is 5.32 Å². The second kappa shape index (κ2) is 10.5. The Hall–Kier alpha value is -0.260. The number of ether oxygens (including phenoxy) is 1. The number of aliphatic hydroxyl groups is 1. The Morgan fingerprint density at radius 1 is 1.47 bits per heavy atom. The maximum Gasteiger partial charge on any atom is 0.326 e. The zero-order chi connectivity index (χ0) is 14.7. The molecule has 4 nitrogen and oxygen atoms in total. The van der Waals surface area contributed by atoms with E-state index in [1.54, 1.807) is 11.8 Å². The van der Waals surface area contributed by atoms with Gasteiger partial charge in [0.15, 0.2) is 0 Å². The van der Waals surface area contributed by atoms with Gasteiger partial charge in [-0.25, -0.2) is 0 Å². The Morgan fingerprint density at radius 2 is 2.16 bits per heavy atom. The normalized spacial score (nSPS) is 15.8. The van der Waals surface area contributed by atoms with Crippen LogP contribution < -0.4 is 5.32 Å². The first-order chi connectivity index (χ1) is 9.00. The summed E-state index contributed by atoms with van der Waals surface area (Å²) in [5.41, 5.74) is -0.596. The highest BCUT2D eigenvalue weighted by Gasteiger charge is 2.33. The van der Waals surface area contributed by atoms with Crippen molar-refractivity contribution in [2.45, 2.75) is 46.1 Å². The Kier molecular flexibility index (Phi) is 10.4. The molecule has 0 heterocycles. The number of hydrogen-bond donors (Lipinski definition) is 2. The summed E-state index contributed by atoms with van der Waals surface area (Å²) in [6.07, 6.45) is 1.73. The molecule has 0 spiro atoms. The van der Waals surface area contributed by atoms with Gasteiger partial charge in [0.25, 0.3) is 0 Å². The van der Waals surface area contributed by atoms with Gasteiger partial charge in [-0.1, -0.05) is 13.8 Å². The van der Waals surface area contributed by atoms with Crippen LogP contribution >= 0.6 is 11.8 Å². The highest BCUT2D eigenvalue weighted by atomic mass is 32.2. The van der Waals surface area contributed by atoms with Crippen LogP contribution in [-0.4, -0.2) is 47.9 Å². The quantitative estimate of drug-likeness (QED) is 0.451. The molecule has 0 aromatic heterocycles. The van der Waals surface area contributed by atoms with Crippen LogP contribution in [0.1, 0.15) is 40.5 Å². The van der Waals surface area contributed by atoms with Crippen LogP contribution in [0.2, 0.25) is 0 Å². The fourth-order valence-corrected chi connectivity index (χ4v) is 2.79. The number of thioether (sulfide) groups is 1.